The van der Waals surface area contributed by atoms with E-state index in [9.17, 15) is 0 Å². The third-order valence-corrected chi connectivity index (χ3v) is 5.25. The summed E-state index contributed by atoms with van der Waals surface area (Å²) in [5.74, 6) is 0.782. The van der Waals surface area contributed by atoms with Crippen molar-refractivity contribution in [3.05, 3.63) is 59.7 Å². The average molecular weight is 348 g/mol. The fourth-order valence-electron chi connectivity index (χ4n) is 2.73. The molecule has 126 valence electrons. The van der Waals surface area contributed by atoms with Crippen LogP contribution in [0.3, 0.4) is 0 Å². The summed E-state index contributed by atoms with van der Waals surface area (Å²) < 4.78 is 1.84. The van der Waals surface area contributed by atoms with Crippen molar-refractivity contribution in [2.24, 2.45) is 0 Å². The molecule has 2 aromatic carbocycles. The van der Waals surface area contributed by atoms with Crippen LogP contribution in [0.15, 0.2) is 48.5 Å². The highest BCUT2D eigenvalue weighted by Gasteiger charge is 2.16. The zero-order valence-electron chi connectivity index (χ0n) is 14.8. The molecule has 0 aliphatic heterocycles. The molecule has 4 aromatic rings. The molecule has 0 bridgehead atoms. The van der Waals surface area contributed by atoms with E-state index in [1.807, 2.05) is 4.52 Å². The maximum Gasteiger partial charge on any atom is 0.235 e. The number of hydrogen-bond acceptors (Lipinski definition) is 4. The Bertz CT molecular complexity index is 1020. The smallest absolute Gasteiger partial charge is 0.182 e. The van der Waals surface area contributed by atoms with Crippen molar-refractivity contribution in [1.29, 1.82) is 0 Å². The number of aryl methyl sites for hydroxylation is 1. The Hall–Kier alpha value is -2.53. The molecule has 0 unspecified atom stereocenters. The van der Waals surface area contributed by atoms with E-state index >= 15 is 0 Å². The highest BCUT2D eigenvalue weighted by Crippen LogP contribution is 2.29. The quantitative estimate of drug-likeness (QED) is 0.504. The predicted molar refractivity (Wildman–Crippen MR) is 103 cm³/mol. The van der Waals surface area contributed by atoms with Crippen molar-refractivity contribution < 1.29 is 0 Å². The molecule has 0 spiro atoms. The third-order valence-electron chi connectivity index (χ3n) is 4.30. The Morgan fingerprint density at radius 3 is 2.12 bits per heavy atom. The number of rotatable bonds is 2. The molecule has 0 aliphatic rings. The number of benzene rings is 2. The van der Waals surface area contributed by atoms with Gasteiger partial charge in [-0.05, 0) is 17.9 Å². The van der Waals surface area contributed by atoms with Gasteiger partial charge in [0.05, 0.1) is 0 Å². The van der Waals surface area contributed by atoms with Gasteiger partial charge < -0.3 is 0 Å². The SMILES string of the molecule is Cc1ccc(-c2nn3c(-c4ccc(C(C)(C)C)cc4)nnc3s2)cc1. The van der Waals surface area contributed by atoms with Crippen molar-refractivity contribution in [3.63, 3.8) is 0 Å². The van der Waals surface area contributed by atoms with Gasteiger partial charge in [0.2, 0.25) is 4.96 Å². The molecule has 0 fully saturated rings. The average Bonchev–Trinajstić information content (AvgIpc) is 3.15. The second kappa shape index (κ2) is 5.77. The van der Waals surface area contributed by atoms with Crippen LogP contribution < -0.4 is 0 Å². The van der Waals surface area contributed by atoms with Gasteiger partial charge >= 0.3 is 0 Å². The van der Waals surface area contributed by atoms with Crippen molar-refractivity contribution in [3.8, 4) is 22.0 Å². The third kappa shape index (κ3) is 2.96. The molecule has 2 heterocycles. The summed E-state index contributed by atoms with van der Waals surface area (Å²) in [6.07, 6.45) is 0. The molecule has 4 nitrogen and oxygen atoms in total. The Morgan fingerprint density at radius 1 is 0.840 bits per heavy atom. The van der Waals surface area contributed by atoms with Gasteiger partial charge in [0.25, 0.3) is 0 Å². The minimum Gasteiger partial charge on any atom is -0.182 e. The topological polar surface area (TPSA) is 43.1 Å². The lowest BCUT2D eigenvalue weighted by atomic mass is 9.87. The number of fused-ring (bicyclic) bond motifs is 1. The summed E-state index contributed by atoms with van der Waals surface area (Å²) >= 11 is 1.56. The van der Waals surface area contributed by atoms with Crippen molar-refractivity contribution in [2.75, 3.05) is 0 Å². The highest BCUT2D eigenvalue weighted by atomic mass is 32.1. The van der Waals surface area contributed by atoms with E-state index in [1.165, 1.54) is 11.1 Å². The van der Waals surface area contributed by atoms with Crippen LogP contribution in [0.2, 0.25) is 0 Å². The summed E-state index contributed by atoms with van der Waals surface area (Å²) in [6, 6.07) is 16.9. The largest absolute Gasteiger partial charge is 0.235 e. The van der Waals surface area contributed by atoms with E-state index in [-0.39, 0.29) is 5.41 Å². The van der Waals surface area contributed by atoms with Crippen LogP contribution in [0.4, 0.5) is 0 Å². The van der Waals surface area contributed by atoms with Crippen molar-refractivity contribution in [2.45, 2.75) is 33.1 Å². The molecule has 0 saturated carbocycles. The van der Waals surface area contributed by atoms with Crippen LogP contribution in [0.5, 0.6) is 0 Å². The number of hydrogen-bond donors (Lipinski definition) is 0. The zero-order chi connectivity index (χ0) is 17.6. The Balaban J connectivity index is 1.74. The van der Waals surface area contributed by atoms with Crippen molar-refractivity contribution in [1.82, 2.24) is 19.8 Å². The van der Waals surface area contributed by atoms with E-state index in [0.29, 0.717) is 0 Å². The summed E-state index contributed by atoms with van der Waals surface area (Å²) in [5, 5.41) is 14.3. The normalized spacial score (nSPS) is 12.0. The summed E-state index contributed by atoms with van der Waals surface area (Å²) in [7, 11) is 0. The fraction of sp³-hybridized carbons (Fsp3) is 0.250. The van der Waals surface area contributed by atoms with Crippen LogP contribution in [0.1, 0.15) is 31.9 Å². The maximum atomic E-state index is 4.73. The van der Waals surface area contributed by atoms with Crippen LogP contribution in [-0.4, -0.2) is 19.8 Å². The van der Waals surface area contributed by atoms with Gasteiger partial charge in [-0.3, -0.25) is 0 Å². The molecule has 0 atom stereocenters. The summed E-state index contributed by atoms with van der Waals surface area (Å²) in [5.41, 5.74) is 4.82. The minimum atomic E-state index is 0.137. The van der Waals surface area contributed by atoms with E-state index < -0.39 is 0 Å². The van der Waals surface area contributed by atoms with Crippen molar-refractivity contribution >= 4 is 16.3 Å². The standard InChI is InChI=1S/C20H20N4S/c1-13-5-7-15(8-6-13)18-23-24-17(21-22-19(24)25-18)14-9-11-16(12-10-14)20(2,3)4/h5-12H,1-4H3. The van der Waals surface area contributed by atoms with Gasteiger partial charge in [-0.2, -0.15) is 9.61 Å². The first kappa shape index (κ1) is 16.0. The first-order valence-corrected chi connectivity index (χ1v) is 9.14. The Morgan fingerprint density at radius 2 is 1.48 bits per heavy atom. The lowest BCUT2D eigenvalue weighted by molar-refractivity contribution is 0.590. The highest BCUT2D eigenvalue weighted by molar-refractivity contribution is 7.19. The monoisotopic (exact) mass is 348 g/mol. The molecule has 2 aromatic heterocycles. The van der Waals surface area contributed by atoms with Crippen LogP contribution in [0.25, 0.3) is 26.9 Å². The number of nitrogens with zero attached hydrogens (tertiary/aromatic N) is 4. The van der Waals surface area contributed by atoms with Crippen LogP contribution in [-0.2, 0) is 5.41 Å². The fourth-order valence-corrected chi connectivity index (χ4v) is 3.57. The van der Waals surface area contributed by atoms with Gasteiger partial charge in [0, 0.05) is 11.1 Å². The van der Waals surface area contributed by atoms with Gasteiger partial charge in [-0.25, -0.2) is 0 Å². The first-order chi connectivity index (χ1) is 11.9. The molecule has 0 amide bonds. The molecule has 5 heteroatoms. The van der Waals surface area contributed by atoms with Crippen LogP contribution in [0, 0.1) is 6.92 Å². The molecular formula is C20H20N4S. The van der Waals surface area contributed by atoms with Crippen LogP contribution >= 0.6 is 11.3 Å². The maximum absolute atomic E-state index is 4.73. The zero-order valence-corrected chi connectivity index (χ0v) is 15.6. The Kier molecular flexibility index (Phi) is 3.69. The van der Waals surface area contributed by atoms with Gasteiger partial charge in [-0.15, -0.1) is 10.2 Å². The molecule has 0 radical (unpaired) electrons. The predicted octanol–water partition coefficient (Wildman–Crippen LogP) is 5.13. The molecule has 0 N–H and O–H groups in total. The van der Waals surface area contributed by atoms with E-state index in [0.717, 1.165) is 26.9 Å². The summed E-state index contributed by atoms with van der Waals surface area (Å²) in [6.45, 7) is 8.73. The Labute approximate surface area is 151 Å². The van der Waals surface area contributed by atoms with Gasteiger partial charge in [-0.1, -0.05) is 86.2 Å². The number of aromatic nitrogens is 4. The molecule has 0 saturated heterocycles. The summed E-state index contributed by atoms with van der Waals surface area (Å²) in [4.78, 5) is 0.811. The second-order valence-electron chi connectivity index (χ2n) is 7.32. The van der Waals surface area contributed by atoms with E-state index in [1.54, 1.807) is 11.3 Å². The van der Waals surface area contributed by atoms with E-state index in [2.05, 4.69) is 86.4 Å². The minimum absolute atomic E-state index is 0.137. The lowest BCUT2D eigenvalue weighted by Crippen LogP contribution is -2.10. The van der Waals surface area contributed by atoms with Gasteiger partial charge in [0.1, 0.15) is 5.01 Å². The molecule has 25 heavy (non-hydrogen) atoms. The second-order valence-corrected chi connectivity index (χ2v) is 8.27. The molecule has 4 rings (SSSR count). The first-order valence-electron chi connectivity index (χ1n) is 8.32. The van der Waals surface area contributed by atoms with Gasteiger partial charge in [0.15, 0.2) is 5.82 Å². The molecule has 0 aliphatic carbocycles. The van der Waals surface area contributed by atoms with E-state index in [4.69, 9.17) is 5.10 Å². The lowest BCUT2D eigenvalue weighted by Gasteiger charge is -2.18. The molecular weight excluding hydrogens is 328 g/mol.